The van der Waals surface area contributed by atoms with Gasteiger partial charge in [0.1, 0.15) is 0 Å². The van der Waals surface area contributed by atoms with E-state index in [0.29, 0.717) is 11.9 Å². The maximum atomic E-state index is 13.5. The van der Waals surface area contributed by atoms with Crippen LogP contribution in [0.15, 0.2) is 96.3 Å². The Kier molecular flexibility index (Phi) is 7.02. The minimum atomic E-state index is -3.96. The fraction of sp³-hybridized carbons (Fsp3) is 0.185. The van der Waals surface area contributed by atoms with Crippen molar-refractivity contribution in [3.05, 3.63) is 103 Å². The Morgan fingerprint density at radius 2 is 1.63 bits per heavy atom. The molecule has 0 fully saturated rings. The van der Waals surface area contributed by atoms with Crippen molar-refractivity contribution >= 4 is 32.5 Å². The average molecular weight is 489 g/mol. The predicted molar refractivity (Wildman–Crippen MR) is 139 cm³/mol. The van der Waals surface area contributed by atoms with E-state index >= 15 is 0 Å². The van der Waals surface area contributed by atoms with Crippen molar-refractivity contribution in [1.82, 2.24) is 13.9 Å². The quantitative estimate of drug-likeness (QED) is 0.260. The van der Waals surface area contributed by atoms with Crippen LogP contribution in [0.4, 0.5) is 5.69 Å². The molecule has 0 unspecified atom stereocenters. The van der Waals surface area contributed by atoms with E-state index in [1.807, 2.05) is 50.3 Å². The first kappa shape index (κ1) is 24.2. The van der Waals surface area contributed by atoms with E-state index in [-0.39, 0.29) is 21.9 Å². The number of benzene rings is 2. The Morgan fingerprint density at radius 1 is 0.971 bits per heavy atom. The highest BCUT2D eigenvalue weighted by molar-refractivity contribution is 7.90. The van der Waals surface area contributed by atoms with Gasteiger partial charge in [0, 0.05) is 58.0 Å². The zero-order chi connectivity index (χ0) is 25.0. The Bertz CT molecular complexity index is 1460. The predicted octanol–water partition coefficient (Wildman–Crippen LogP) is 4.21. The van der Waals surface area contributed by atoms with Gasteiger partial charge in [-0.05, 0) is 30.2 Å². The number of hydrogen-bond donors (Lipinski definition) is 0. The molecule has 4 rings (SSSR count). The third-order valence-corrected chi connectivity index (χ3v) is 7.38. The van der Waals surface area contributed by atoms with Crippen LogP contribution in [0, 0.1) is 0 Å². The largest absolute Gasteiger partial charge is 0.383 e. The van der Waals surface area contributed by atoms with Gasteiger partial charge in [-0.3, -0.25) is 4.79 Å². The minimum absolute atomic E-state index is 0.129. The van der Waals surface area contributed by atoms with E-state index in [9.17, 15) is 13.2 Å². The van der Waals surface area contributed by atoms with E-state index in [1.165, 1.54) is 30.0 Å². The van der Waals surface area contributed by atoms with Crippen LogP contribution in [0.3, 0.4) is 0 Å². The van der Waals surface area contributed by atoms with Crippen molar-refractivity contribution in [3.8, 4) is 0 Å². The van der Waals surface area contributed by atoms with Crippen molar-refractivity contribution in [2.75, 3.05) is 32.6 Å². The summed E-state index contributed by atoms with van der Waals surface area (Å²) < 4.78 is 28.1. The molecule has 8 heteroatoms. The second-order valence-corrected chi connectivity index (χ2v) is 10.3. The number of nitrogens with zero attached hydrogens (tertiary/aromatic N) is 4. The maximum Gasteiger partial charge on any atom is 0.269 e. The SMILES string of the molecule is CN(C)C=CC(=O)c1cn(S(=O)(=O)c2ccccc2)c2nccc(N(C)CCc3ccccc3)c12. The van der Waals surface area contributed by atoms with Gasteiger partial charge < -0.3 is 9.80 Å². The molecule has 0 spiro atoms. The first-order chi connectivity index (χ1) is 16.8. The molecule has 4 aromatic rings. The number of hydrogen-bond acceptors (Lipinski definition) is 6. The van der Waals surface area contributed by atoms with Crippen LogP contribution in [0.1, 0.15) is 15.9 Å². The second kappa shape index (κ2) is 10.1. The molecule has 0 amide bonds. The molecule has 0 radical (unpaired) electrons. The molecular formula is C27H28N4O3S. The number of allylic oxidation sites excluding steroid dienone is 1. The first-order valence-electron chi connectivity index (χ1n) is 11.2. The fourth-order valence-corrected chi connectivity index (χ4v) is 5.21. The summed E-state index contributed by atoms with van der Waals surface area (Å²) in [5.41, 5.74) is 2.44. The highest BCUT2D eigenvalue weighted by Gasteiger charge is 2.26. The minimum Gasteiger partial charge on any atom is -0.383 e. The van der Waals surface area contributed by atoms with Crippen LogP contribution in [0.5, 0.6) is 0 Å². The van der Waals surface area contributed by atoms with Crippen molar-refractivity contribution < 1.29 is 13.2 Å². The lowest BCUT2D eigenvalue weighted by Gasteiger charge is -2.21. The van der Waals surface area contributed by atoms with Gasteiger partial charge in [0.15, 0.2) is 11.4 Å². The molecule has 0 N–H and O–H groups in total. The number of likely N-dealkylation sites (N-methyl/N-ethyl adjacent to an activating group) is 1. The first-order valence-corrected chi connectivity index (χ1v) is 12.7. The lowest BCUT2D eigenvalue weighted by molar-refractivity contribution is 0.104. The highest BCUT2D eigenvalue weighted by atomic mass is 32.2. The summed E-state index contributed by atoms with van der Waals surface area (Å²) in [7, 11) is 1.61. The number of rotatable bonds is 9. The van der Waals surface area contributed by atoms with Gasteiger partial charge >= 0.3 is 0 Å². The Labute approximate surface area is 206 Å². The summed E-state index contributed by atoms with van der Waals surface area (Å²) in [6, 6.07) is 20.1. The summed E-state index contributed by atoms with van der Waals surface area (Å²) in [5, 5.41) is 0.510. The van der Waals surface area contributed by atoms with Gasteiger partial charge in [-0.2, -0.15) is 0 Å². The van der Waals surface area contributed by atoms with E-state index < -0.39 is 10.0 Å². The second-order valence-electron chi connectivity index (χ2n) is 8.49. The van der Waals surface area contributed by atoms with Gasteiger partial charge in [0.25, 0.3) is 10.0 Å². The van der Waals surface area contributed by atoms with Crippen LogP contribution in [0.2, 0.25) is 0 Å². The standard InChI is InChI=1S/C27H28N4O3S/c1-29(2)18-16-25(32)23-20-31(35(33,34)22-12-8-5-9-13-22)27-26(23)24(14-17-28-27)30(3)19-15-21-10-6-4-7-11-21/h4-14,16-18,20H,15,19H2,1-3H3. The lowest BCUT2D eigenvalue weighted by atomic mass is 10.1. The summed E-state index contributed by atoms with van der Waals surface area (Å²) in [4.78, 5) is 21.5. The third-order valence-electron chi connectivity index (χ3n) is 5.71. The van der Waals surface area contributed by atoms with Crippen molar-refractivity contribution in [3.63, 3.8) is 0 Å². The van der Waals surface area contributed by atoms with Crippen LogP contribution in [-0.4, -0.2) is 55.7 Å². The number of aromatic nitrogens is 2. The number of pyridine rings is 1. The molecule has 35 heavy (non-hydrogen) atoms. The van der Waals surface area contributed by atoms with Gasteiger partial charge in [-0.15, -0.1) is 0 Å². The van der Waals surface area contributed by atoms with Crippen molar-refractivity contribution in [1.29, 1.82) is 0 Å². The number of fused-ring (bicyclic) bond motifs is 1. The van der Waals surface area contributed by atoms with Crippen LogP contribution in [0.25, 0.3) is 11.0 Å². The maximum absolute atomic E-state index is 13.5. The number of carbonyl (C=O) groups excluding carboxylic acids is 1. The molecule has 0 atom stereocenters. The monoisotopic (exact) mass is 488 g/mol. The molecule has 0 saturated carbocycles. The summed E-state index contributed by atoms with van der Waals surface area (Å²) >= 11 is 0. The number of anilines is 1. The van der Waals surface area contributed by atoms with Gasteiger partial charge in [-0.1, -0.05) is 48.5 Å². The van der Waals surface area contributed by atoms with Crippen LogP contribution >= 0.6 is 0 Å². The van der Waals surface area contributed by atoms with E-state index in [1.54, 1.807) is 35.5 Å². The normalized spacial score (nSPS) is 11.7. The number of ketones is 1. The Morgan fingerprint density at radius 3 is 2.29 bits per heavy atom. The summed E-state index contributed by atoms with van der Waals surface area (Å²) in [6.45, 7) is 0.681. The molecule has 0 bridgehead atoms. The topological polar surface area (TPSA) is 75.5 Å². The molecular weight excluding hydrogens is 460 g/mol. The average Bonchev–Trinajstić information content (AvgIpc) is 3.28. The van der Waals surface area contributed by atoms with E-state index in [0.717, 1.165) is 16.1 Å². The molecule has 2 heterocycles. The molecule has 7 nitrogen and oxygen atoms in total. The van der Waals surface area contributed by atoms with Crippen LogP contribution < -0.4 is 4.90 Å². The van der Waals surface area contributed by atoms with E-state index in [4.69, 9.17) is 0 Å². The smallest absolute Gasteiger partial charge is 0.269 e. The zero-order valence-corrected chi connectivity index (χ0v) is 20.8. The third kappa shape index (κ3) is 5.12. The van der Waals surface area contributed by atoms with E-state index in [2.05, 4.69) is 17.1 Å². The fourth-order valence-electron chi connectivity index (χ4n) is 3.87. The van der Waals surface area contributed by atoms with Gasteiger partial charge in [-0.25, -0.2) is 17.4 Å². The molecule has 0 aliphatic heterocycles. The van der Waals surface area contributed by atoms with Gasteiger partial charge in [0.05, 0.1) is 15.8 Å². The molecule has 0 aliphatic carbocycles. The number of carbonyl (C=O) groups is 1. The van der Waals surface area contributed by atoms with Crippen molar-refractivity contribution in [2.24, 2.45) is 0 Å². The van der Waals surface area contributed by atoms with Crippen LogP contribution in [-0.2, 0) is 16.4 Å². The molecule has 2 aromatic heterocycles. The molecule has 2 aromatic carbocycles. The van der Waals surface area contributed by atoms with Gasteiger partial charge in [0.2, 0.25) is 0 Å². The molecule has 0 aliphatic rings. The Hall–Kier alpha value is -3.91. The lowest BCUT2D eigenvalue weighted by Crippen LogP contribution is -2.21. The van der Waals surface area contributed by atoms with Crippen molar-refractivity contribution in [2.45, 2.75) is 11.3 Å². The summed E-state index contributed by atoms with van der Waals surface area (Å²) in [6.07, 6.45) is 6.85. The summed E-state index contributed by atoms with van der Waals surface area (Å²) in [5.74, 6) is -0.295. The zero-order valence-electron chi connectivity index (χ0n) is 20.0. The Balaban J connectivity index is 1.85. The molecule has 180 valence electrons. The molecule has 0 saturated heterocycles. The highest BCUT2D eigenvalue weighted by Crippen LogP contribution is 2.32.